The molecular formula is C12H17N3O3. The topological polar surface area (TPSA) is 75.4 Å². The van der Waals surface area contributed by atoms with Crippen LogP contribution in [0.4, 0.5) is 0 Å². The molecular weight excluding hydrogens is 234 g/mol. The van der Waals surface area contributed by atoms with Crippen LogP contribution in [0.1, 0.15) is 19.3 Å². The van der Waals surface area contributed by atoms with Crippen LogP contribution in [0.3, 0.4) is 0 Å². The van der Waals surface area contributed by atoms with Gasteiger partial charge in [0.1, 0.15) is 6.54 Å². The van der Waals surface area contributed by atoms with Gasteiger partial charge >= 0.3 is 5.97 Å². The Morgan fingerprint density at radius 1 is 1.44 bits per heavy atom. The molecule has 1 saturated heterocycles. The SMILES string of the molecule is O=C(O)CCC1CCN(C(=O)Cn2cccn2)C1. The molecule has 2 heterocycles. The number of likely N-dealkylation sites (tertiary alicyclic amines) is 1. The van der Waals surface area contributed by atoms with Crippen molar-refractivity contribution in [1.82, 2.24) is 14.7 Å². The third-order valence-electron chi connectivity index (χ3n) is 3.26. The van der Waals surface area contributed by atoms with Crippen LogP contribution in [-0.4, -0.2) is 44.8 Å². The van der Waals surface area contributed by atoms with Gasteiger partial charge in [-0.2, -0.15) is 5.10 Å². The van der Waals surface area contributed by atoms with Crippen LogP contribution in [0.15, 0.2) is 18.5 Å². The maximum Gasteiger partial charge on any atom is 0.303 e. The van der Waals surface area contributed by atoms with Crippen LogP contribution >= 0.6 is 0 Å². The molecule has 6 heteroatoms. The summed E-state index contributed by atoms with van der Waals surface area (Å²) in [6, 6.07) is 1.78. The maximum atomic E-state index is 11.9. The first kappa shape index (κ1) is 12.6. The van der Waals surface area contributed by atoms with Gasteiger partial charge in [-0.05, 0) is 24.8 Å². The van der Waals surface area contributed by atoms with Crippen LogP contribution in [-0.2, 0) is 16.1 Å². The van der Waals surface area contributed by atoms with E-state index in [-0.39, 0.29) is 18.9 Å². The highest BCUT2D eigenvalue weighted by Crippen LogP contribution is 2.21. The minimum Gasteiger partial charge on any atom is -0.481 e. The van der Waals surface area contributed by atoms with Gasteiger partial charge in [0.15, 0.2) is 0 Å². The van der Waals surface area contributed by atoms with Crippen LogP contribution in [0.5, 0.6) is 0 Å². The Morgan fingerprint density at radius 2 is 2.28 bits per heavy atom. The Bertz CT molecular complexity index is 416. The molecule has 0 aromatic carbocycles. The van der Waals surface area contributed by atoms with E-state index in [1.54, 1.807) is 28.0 Å². The monoisotopic (exact) mass is 251 g/mol. The zero-order valence-corrected chi connectivity index (χ0v) is 10.2. The summed E-state index contributed by atoms with van der Waals surface area (Å²) in [6.07, 6.45) is 5.15. The van der Waals surface area contributed by atoms with E-state index in [2.05, 4.69) is 5.10 Å². The van der Waals surface area contributed by atoms with Crippen molar-refractivity contribution in [3.8, 4) is 0 Å². The molecule has 0 radical (unpaired) electrons. The normalized spacial score (nSPS) is 19.1. The molecule has 6 nitrogen and oxygen atoms in total. The summed E-state index contributed by atoms with van der Waals surface area (Å²) in [6.45, 7) is 1.66. The quantitative estimate of drug-likeness (QED) is 0.831. The third kappa shape index (κ3) is 3.32. The van der Waals surface area contributed by atoms with Gasteiger partial charge in [-0.15, -0.1) is 0 Å². The van der Waals surface area contributed by atoms with Crippen molar-refractivity contribution in [3.63, 3.8) is 0 Å². The third-order valence-corrected chi connectivity index (χ3v) is 3.26. The zero-order valence-electron chi connectivity index (χ0n) is 10.2. The number of carbonyl (C=O) groups excluding carboxylic acids is 1. The molecule has 1 aromatic rings. The molecule has 1 fully saturated rings. The van der Waals surface area contributed by atoms with E-state index in [4.69, 9.17) is 5.11 Å². The second-order valence-electron chi connectivity index (χ2n) is 4.63. The first-order chi connectivity index (χ1) is 8.65. The summed E-state index contributed by atoms with van der Waals surface area (Å²) >= 11 is 0. The number of carboxylic acid groups (broad SMARTS) is 1. The van der Waals surface area contributed by atoms with E-state index in [0.717, 1.165) is 13.0 Å². The number of amides is 1. The summed E-state index contributed by atoms with van der Waals surface area (Å²) in [5.41, 5.74) is 0. The summed E-state index contributed by atoms with van der Waals surface area (Å²) in [4.78, 5) is 24.2. The Balaban J connectivity index is 1.77. The van der Waals surface area contributed by atoms with Gasteiger partial charge in [0.25, 0.3) is 0 Å². The number of hydrogen-bond donors (Lipinski definition) is 1. The number of carbonyl (C=O) groups is 2. The fraction of sp³-hybridized carbons (Fsp3) is 0.583. The minimum absolute atomic E-state index is 0.0523. The molecule has 18 heavy (non-hydrogen) atoms. The molecule has 0 saturated carbocycles. The average Bonchev–Trinajstić information content (AvgIpc) is 2.96. The van der Waals surface area contributed by atoms with Crippen molar-refractivity contribution in [2.45, 2.75) is 25.8 Å². The summed E-state index contributed by atoms with van der Waals surface area (Å²) in [5.74, 6) is -0.393. The Kier molecular flexibility index (Phi) is 3.96. The zero-order chi connectivity index (χ0) is 13.0. The highest BCUT2D eigenvalue weighted by atomic mass is 16.4. The molecule has 1 aliphatic heterocycles. The maximum absolute atomic E-state index is 11.9. The molecule has 0 spiro atoms. The number of carboxylic acids is 1. The molecule has 1 aliphatic rings. The van der Waals surface area contributed by atoms with E-state index in [1.807, 2.05) is 0 Å². The second-order valence-corrected chi connectivity index (χ2v) is 4.63. The lowest BCUT2D eigenvalue weighted by Crippen LogP contribution is -2.32. The Labute approximate surface area is 105 Å². The number of nitrogens with zero attached hydrogens (tertiary/aromatic N) is 3. The van der Waals surface area contributed by atoms with Crippen LogP contribution in [0.25, 0.3) is 0 Å². The van der Waals surface area contributed by atoms with Gasteiger partial charge in [0, 0.05) is 31.9 Å². The molecule has 1 atom stereocenters. The van der Waals surface area contributed by atoms with E-state index >= 15 is 0 Å². The molecule has 1 amide bonds. The molecule has 0 aliphatic carbocycles. The van der Waals surface area contributed by atoms with E-state index in [1.165, 1.54) is 0 Å². The molecule has 1 aromatic heterocycles. The largest absolute Gasteiger partial charge is 0.481 e. The second kappa shape index (κ2) is 5.66. The summed E-state index contributed by atoms with van der Waals surface area (Å²) in [7, 11) is 0. The van der Waals surface area contributed by atoms with Gasteiger partial charge < -0.3 is 10.0 Å². The highest BCUT2D eigenvalue weighted by molar-refractivity contribution is 5.76. The standard InChI is InChI=1S/C12H17N3O3/c16-11(9-15-6-1-5-13-15)14-7-4-10(8-14)2-3-12(17)18/h1,5-6,10H,2-4,7-9H2,(H,17,18). The van der Waals surface area contributed by atoms with E-state index < -0.39 is 5.97 Å². The van der Waals surface area contributed by atoms with Gasteiger partial charge in [0.2, 0.25) is 5.91 Å². The predicted molar refractivity (Wildman–Crippen MR) is 63.8 cm³/mol. The summed E-state index contributed by atoms with van der Waals surface area (Å²) < 4.78 is 1.60. The Hall–Kier alpha value is -1.85. The van der Waals surface area contributed by atoms with Crippen LogP contribution < -0.4 is 0 Å². The van der Waals surface area contributed by atoms with Gasteiger partial charge in [-0.3, -0.25) is 14.3 Å². The minimum atomic E-state index is -0.767. The smallest absolute Gasteiger partial charge is 0.303 e. The molecule has 1 N–H and O–H groups in total. The van der Waals surface area contributed by atoms with Gasteiger partial charge in [0.05, 0.1) is 0 Å². The number of hydrogen-bond acceptors (Lipinski definition) is 3. The first-order valence-electron chi connectivity index (χ1n) is 6.12. The summed E-state index contributed by atoms with van der Waals surface area (Å²) in [5, 5.41) is 12.6. The van der Waals surface area contributed by atoms with Crippen molar-refractivity contribution >= 4 is 11.9 Å². The van der Waals surface area contributed by atoms with Crippen molar-refractivity contribution in [2.75, 3.05) is 13.1 Å². The number of aliphatic carboxylic acids is 1. The predicted octanol–water partition coefficient (Wildman–Crippen LogP) is 0.596. The van der Waals surface area contributed by atoms with Crippen molar-refractivity contribution in [2.24, 2.45) is 5.92 Å². The Morgan fingerprint density at radius 3 is 2.94 bits per heavy atom. The van der Waals surface area contributed by atoms with Crippen molar-refractivity contribution in [1.29, 1.82) is 0 Å². The average molecular weight is 251 g/mol. The van der Waals surface area contributed by atoms with Crippen LogP contribution in [0, 0.1) is 5.92 Å². The first-order valence-corrected chi connectivity index (χ1v) is 6.12. The van der Waals surface area contributed by atoms with Crippen molar-refractivity contribution in [3.05, 3.63) is 18.5 Å². The lowest BCUT2D eigenvalue weighted by molar-refractivity contribution is -0.137. The molecule has 98 valence electrons. The lowest BCUT2D eigenvalue weighted by Gasteiger charge is -2.16. The van der Waals surface area contributed by atoms with Crippen molar-refractivity contribution < 1.29 is 14.7 Å². The molecule has 1 unspecified atom stereocenters. The number of rotatable bonds is 5. The number of aromatic nitrogens is 2. The van der Waals surface area contributed by atoms with E-state index in [0.29, 0.717) is 18.9 Å². The highest BCUT2D eigenvalue weighted by Gasteiger charge is 2.26. The lowest BCUT2D eigenvalue weighted by atomic mass is 10.0. The fourth-order valence-corrected chi connectivity index (χ4v) is 2.25. The van der Waals surface area contributed by atoms with Gasteiger partial charge in [-0.25, -0.2) is 0 Å². The molecule has 0 bridgehead atoms. The van der Waals surface area contributed by atoms with Gasteiger partial charge in [-0.1, -0.05) is 0 Å². The molecule has 2 rings (SSSR count). The van der Waals surface area contributed by atoms with E-state index in [9.17, 15) is 9.59 Å². The van der Waals surface area contributed by atoms with Crippen LogP contribution in [0.2, 0.25) is 0 Å². The fourth-order valence-electron chi connectivity index (χ4n) is 2.25.